The molecular weight excluding hydrogens is 330 g/mol. The van der Waals surface area contributed by atoms with Crippen LogP contribution in [0.3, 0.4) is 0 Å². The molecule has 0 spiro atoms. The number of carbonyl (C=O) groups is 1. The van der Waals surface area contributed by atoms with Crippen LogP contribution >= 0.6 is 0 Å². The molecule has 0 radical (unpaired) electrons. The molecule has 3 aromatic rings. The number of aryl methyl sites for hydroxylation is 1. The molecule has 1 unspecified atom stereocenters. The van der Waals surface area contributed by atoms with Crippen molar-refractivity contribution < 1.29 is 4.79 Å². The number of fused-ring (bicyclic) bond motifs is 1. The van der Waals surface area contributed by atoms with E-state index in [1.54, 1.807) is 23.4 Å². The zero-order valence-corrected chi connectivity index (χ0v) is 14.8. The molecule has 1 aliphatic heterocycles. The van der Waals surface area contributed by atoms with Crippen molar-refractivity contribution >= 4 is 11.6 Å². The molecule has 8 nitrogen and oxygen atoms in total. The Balaban J connectivity index is 1.57. The number of anilines is 1. The van der Waals surface area contributed by atoms with Gasteiger partial charge in [0.15, 0.2) is 0 Å². The summed E-state index contributed by atoms with van der Waals surface area (Å²) in [6.45, 7) is 2.98. The van der Waals surface area contributed by atoms with E-state index in [1.807, 2.05) is 32.3 Å². The first-order valence-electron chi connectivity index (χ1n) is 8.58. The number of H-pyrrole nitrogens is 1. The van der Waals surface area contributed by atoms with E-state index in [-0.39, 0.29) is 18.5 Å². The molecule has 2 N–H and O–H groups in total. The van der Waals surface area contributed by atoms with Crippen LogP contribution < -0.4 is 5.32 Å². The molecule has 1 amide bonds. The summed E-state index contributed by atoms with van der Waals surface area (Å²) in [7, 11) is 1.85. The highest BCUT2D eigenvalue weighted by atomic mass is 16.2. The monoisotopic (exact) mass is 351 g/mol. The molecule has 4 heterocycles. The molecule has 8 heteroatoms. The topological polar surface area (TPSA) is 91.7 Å². The number of pyridine rings is 1. The lowest BCUT2D eigenvalue weighted by Crippen LogP contribution is -2.41. The molecule has 3 aromatic heterocycles. The number of nitrogens with zero attached hydrogens (tertiary/aromatic N) is 5. The first-order chi connectivity index (χ1) is 12.6. The largest absolute Gasteiger partial charge is 0.348 e. The number of aromatic nitrogens is 5. The predicted octanol–water partition coefficient (Wildman–Crippen LogP) is 1.43. The van der Waals surface area contributed by atoms with Crippen LogP contribution in [0.25, 0.3) is 0 Å². The van der Waals surface area contributed by atoms with Crippen LogP contribution in [0.15, 0.2) is 37.1 Å². The lowest BCUT2D eigenvalue weighted by atomic mass is 9.97. The zero-order chi connectivity index (χ0) is 18.1. The third-order valence-electron chi connectivity index (χ3n) is 4.88. The maximum atomic E-state index is 12.6. The minimum absolute atomic E-state index is 0.0611. The van der Waals surface area contributed by atoms with Crippen molar-refractivity contribution in [2.75, 3.05) is 18.4 Å². The average Bonchev–Trinajstić information content (AvgIpc) is 3.24. The fourth-order valence-corrected chi connectivity index (χ4v) is 3.40. The van der Waals surface area contributed by atoms with Crippen LogP contribution in [0.5, 0.6) is 0 Å². The number of amides is 1. The molecule has 0 saturated heterocycles. The molecule has 4 rings (SSSR count). The maximum absolute atomic E-state index is 12.6. The van der Waals surface area contributed by atoms with Crippen LogP contribution in [-0.4, -0.2) is 48.6 Å². The van der Waals surface area contributed by atoms with Gasteiger partial charge in [-0.15, -0.1) is 0 Å². The normalized spacial score (nSPS) is 17.1. The number of imidazole rings is 1. The zero-order valence-electron chi connectivity index (χ0n) is 14.8. The molecule has 0 bridgehead atoms. The second-order valence-corrected chi connectivity index (χ2v) is 6.49. The summed E-state index contributed by atoms with van der Waals surface area (Å²) in [6, 6.07) is 3.85. The molecule has 26 heavy (non-hydrogen) atoms. The number of nitrogens with one attached hydrogen (secondary N) is 2. The van der Waals surface area contributed by atoms with Crippen LogP contribution in [0.4, 0.5) is 5.69 Å². The van der Waals surface area contributed by atoms with Gasteiger partial charge in [-0.1, -0.05) is 6.07 Å². The van der Waals surface area contributed by atoms with Gasteiger partial charge in [-0.05, 0) is 18.6 Å². The highest BCUT2D eigenvalue weighted by Crippen LogP contribution is 2.32. The Bertz CT molecular complexity index is 915. The average molecular weight is 351 g/mol. The summed E-state index contributed by atoms with van der Waals surface area (Å²) in [5, 5.41) is 7.13. The van der Waals surface area contributed by atoms with Gasteiger partial charge in [0.2, 0.25) is 5.91 Å². The van der Waals surface area contributed by atoms with Crippen molar-refractivity contribution in [2.45, 2.75) is 19.4 Å². The van der Waals surface area contributed by atoms with Gasteiger partial charge in [0.1, 0.15) is 0 Å². The number of hydrogen-bond acceptors (Lipinski definition) is 5. The van der Waals surface area contributed by atoms with E-state index < -0.39 is 0 Å². The van der Waals surface area contributed by atoms with Crippen molar-refractivity contribution in [3.63, 3.8) is 0 Å². The van der Waals surface area contributed by atoms with E-state index in [0.29, 0.717) is 0 Å². The summed E-state index contributed by atoms with van der Waals surface area (Å²) in [6.07, 6.45) is 7.82. The predicted molar refractivity (Wildman–Crippen MR) is 96.5 cm³/mol. The minimum atomic E-state index is -0.0838. The fraction of sp³-hybridized carbons (Fsp3) is 0.333. The van der Waals surface area contributed by atoms with Gasteiger partial charge in [0.25, 0.3) is 0 Å². The molecule has 0 fully saturated rings. The number of rotatable bonds is 4. The Morgan fingerprint density at radius 2 is 2.31 bits per heavy atom. The highest BCUT2D eigenvalue weighted by molar-refractivity contribution is 5.92. The van der Waals surface area contributed by atoms with Crippen molar-refractivity contribution in [2.24, 2.45) is 7.05 Å². The molecular formula is C18H21N7O. The molecule has 0 aliphatic carbocycles. The summed E-state index contributed by atoms with van der Waals surface area (Å²) in [5.41, 5.74) is 4.79. The van der Waals surface area contributed by atoms with Crippen LogP contribution in [0, 0.1) is 6.92 Å². The summed E-state index contributed by atoms with van der Waals surface area (Å²) < 4.78 is 1.74. The van der Waals surface area contributed by atoms with Gasteiger partial charge in [-0.2, -0.15) is 5.10 Å². The molecule has 134 valence electrons. The minimum Gasteiger partial charge on any atom is -0.348 e. The summed E-state index contributed by atoms with van der Waals surface area (Å²) >= 11 is 0. The van der Waals surface area contributed by atoms with E-state index in [4.69, 9.17) is 0 Å². The van der Waals surface area contributed by atoms with Gasteiger partial charge in [0.05, 0.1) is 42.2 Å². The smallest absolute Gasteiger partial charge is 0.238 e. The van der Waals surface area contributed by atoms with Crippen molar-refractivity contribution in [3.05, 3.63) is 59.7 Å². The van der Waals surface area contributed by atoms with Crippen LogP contribution in [0.1, 0.15) is 28.7 Å². The van der Waals surface area contributed by atoms with E-state index in [0.717, 1.165) is 41.3 Å². The molecule has 0 saturated carbocycles. The first kappa shape index (κ1) is 16.5. The van der Waals surface area contributed by atoms with Gasteiger partial charge < -0.3 is 10.3 Å². The SMILES string of the molecule is Cc1c(NC(=O)CN2CCc3[nH]cnc3C2c2cccnc2)cnn1C. The third kappa shape index (κ3) is 2.99. The van der Waals surface area contributed by atoms with Gasteiger partial charge in [-0.3, -0.25) is 19.4 Å². The lowest BCUT2D eigenvalue weighted by molar-refractivity contribution is -0.117. The second-order valence-electron chi connectivity index (χ2n) is 6.49. The highest BCUT2D eigenvalue weighted by Gasteiger charge is 2.32. The van der Waals surface area contributed by atoms with E-state index >= 15 is 0 Å². The van der Waals surface area contributed by atoms with Crippen LogP contribution in [0.2, 0.25) is 0 Å². The van der Waals surface area contributed by atoms with Crippen molar-refractivity contribution in [1.82, 2.24) is 29.6 Å². The Morgan fingerprint density at radius 1 is 1.42 bits per heavy atom. The van der Waals surface area contributed by atoms with E-state index in [2.05, 4.69) is 30.3 Å². The van der Waals surface area contributed by atoms with Crippen molar-refractivity contribution in [1.29, 1.82) is 0 Å². The number of hydrogen-bond donors (Lipinski definition) is 2. The standard InChI is InChI=1S/C18H21N7O/c1-12-15(9-22-24(12)2)23-16(26)10-25-7-5-14-17(21-11-20-14)18(25)13-4-3-6-19-8-13/h3-4,6,8-9,11,18H,5,7,10H2,1-2H3,(H,20,21)(H,23,26). The number of aromatic amines is 1. The van der Waals surface area contributed by atoms with Crippen LogP contribution in [-0.2, 0) is 18.3 Å². The van der Waals surface area contributed by atoms with Crippen molar-refractivity contribution in [3.8, 4) is 0 Å². The molecule has 1 atom stereocenters. The lowest BCUT2D eigenvalue weighted by Gasteiger charge is -2.34. The summed E-state index contributed by atoms with van der Waals surface area (Å²) in [4.78, 5) is 26.7. The number of carbonyl (C=O) groups excluding carboxylic acids is 1. The molecule has 1 aliphatic rings. The van der Waals surface area contributed by atoms with Gasteiger partial charge in [0, 0.05) is 38.1 Å². The van der Waals surface area contributed by atoms with E-state index in [1.165, 1.54) is 0 Å². The Kier molecular flexibility index (Phi) is 4.26. The summed E-state index contributed by atoms with van der Waals surface area (Å²) in [5.74, 6) is -0.0611. The first-order valence-corrected chi connectivity index (χ1v) is 8.58. The maximum Gasteiger partial charge on any atom is 0.238 e. The Labute approximate surface area is 151 Å². The quantitative estimate of drug-likeness (QED) is 0.742. The molecule has 0 aromatic carbocycles. The Morgan fingerprint density at radius 3 is 3.04 bits per heavy atom. The fourth-order valence-electron chi connectivity index (χ4n) is 3.40. The second kappa shape index (κ2) is 6.72. The van der Waals surface area contributed by atoms with Gasteiger partial charge in [-0.25, -0.2) is 4.98 Å². The third-order valence-corrected chi connectivity index (χ3v) is 4.88. The van der Waals surface area contributed by atoms with Gasteiger partial charge >= 0.3 is 0 Å². The Hall–Kier alpha value is -3.00. The van der Waals surface area contributed by atoms with E-state index in [9.17, 15) is 4.79 Å².